The summed E-state index contributed by atoms with van der Waals surface area (Å²) >= 11 is 0. The lowest BCUT2D eigenvalue weighted by Gasteiger charge is -2.07. The molecule has 118 valence electrons. The molecule has 6 nitrogen and oxygen atoms in total. The van der Waals surface area contributed by atoms with Gasteiger partial charge in [0, 0.05) is 24.1 Å². The maximum Gasteiger partial charge on any atom is 0.337 e. The molecule has 2 aromatic rings. The second-order valence-corrected chi connectivity index (χ2v) is 4.62. The first kappa shape index (κ1) is 16.2. The van der Waals surface area contributed by atoms with Crippen LogP contribution in [-0.4, -0.2) is 30.5 Å². The van der Waals surface area contributed by atoms with Gasteiger partial charge in [-0.3, -0.25) is 9.78 Å². The lowest BCUT2D eigenvalue weighted by Crippen LogP contribution is -2.14. The number of rotatable bonds is 6. The molecule has 0 fully saturated rings. The summed E-state index contributed by atoms with van der Waals surface area (Å²) < 4.78 is 4.62. The van der Waals surface area contributed by atoms with E-state index >= 15 is 0 Å². The van der Waals surface area contributed by atoms with E-state index in [4.69, 9.17) is 0 Å². The predicted molar refractivity (Wildman–Crippen MR) is 88.7 cm³/mol. The van der Waals surface area contributed by atoms with Crippen LogP contribution in [0.3, 0.4) is 0 Å². The van der Waals surface area contributed by atoms with Crippen molar-refractivity contribution in [2.45, 2.75) is 0 Å². The fraction of sp³-hybridized carbons (Fsp3) is 0.118. The Kier molecular flexibility index (Phi) is 5.46. The lowest BCUT2D eigenvalue weighted by atomic mass is 10.2. The van der Waals surface area contributed by atoms with Gasteiger partial charge in [-0.25, -0.2) is 4.79 Å². The molecule has 1 aromatic heterocycles. The molecule has 0 aliphatic rings. The number of methoxy groups -OCH3 is 1. The number of carbonyl (C=O) groups is 2. The van der Waals surface area contributed by atoms with Gasteiger partial charge in [0.15, 0.2) is 0 Å². The molecule has 0 aliphatic carbocycles. The number of ether oxygens (including phenoxy) is 1. The van der Waals surface area contributed by atoms with Gasteiger partial charge in [-0.1, -0.05) is 6.08 Å². The average Bonchev–Trinajstić information content (AvgIpc) is 2.60. The van der Waals surface area contributed by atoms with Crippen molar-refractivity contribution in [1.82, 2.24) is 4.98 Å². The van der Waals surface area contributed by atoms with Crippen molar-refractivity contribution >= 4 is 23.3 Å². The van der Waals surface area contributed by atoms with E-state index in [1.165, 1.54) is 7.11 Å². The number of aromatic nitrogens is 1. The van der Waals surface area contributed by atoms with E-state index in [-0.39, 0.29) is 11.6 Å². The Morgan fingerprint density at radius 2 is 1.96 bits per heavy atom. The highest BCUT2D eigenvalue weighted by Gasteiger charge is 2.09. The highest BCUT2D eigenvalue weighted by atomic mass is 16.5. The van der Waals surface area contributed by atoms with E-state index in [1.54, 1.807) is 48.7 Å². The summed E-state index contributed by atoms with van der Waals surface area (Å²) in [5, 5.41) is 5.81. The molecule has 1 heterocycles. The molecule has 0 aliphatic heterocycles. The van der Waals surface area contributed by atoms with Crippen LogP contribution in [0, 0.1) is 0 Å². The quantitative estimate of drug-likeness (QED) is 0.633. The molecule has 0 saturated heterocycles. The van der Waals surface area contributed by atoms with Crippen molar-refractivity contribution in [3.8, 4) is 0 Å². The first-order chi connectivity index (χ1) is 11.1. The van der Waals surface area contributed by atoms with Gasteiger partial charge in [-0.15, -0.1) is 6.58 Å². The number of benzene rings is 1. The van der Waals surface area contributed by atoms with Gasteiger partial charge in [0.25, 0.3) is 5.91 Å². The zero-order chi connectivity index (χ0) is 16.7. The third-order valence-corrected chi connectivity index (χ3v) is 3.01. The van der Waals surface area contributed by atoms with E-state index in [0.29, 0.717) is 17.8 Å². The van der Waals surface area contributed by atoms with Crippen molar-refractivity contribution in [2.24, 2.45) is 0 Å². The minimum Gasteiger partial charge on any atom is -0.465 e. The number of nitrogens with one attached hydrogen (secondary N) is 2. The van der Waals surface area contributed by atoms with E-state index in [2.05, 4.69) is 26.9 Å². The maximum absolute atomic E-state index is 12.2. The molecule has 0 bridgehead atoms. The van der Waals surface area contributed by atoms with E-state index in [9.17, 15) is 9.59 Å². The van der Waals surface area contributed by atoms with Crippen LogP contribution in [0.4, 0.5) is 11.4 Å². The minimum atomic E-state index is -0.425. The van der Waals surface area contributed by atoms with Crippen molar-refractivity contribution in [3.63, 3.8) is 0 Å². The summed E-state index contributed by atoms with van der Waals surface area (Å²) in [7, 11) is 1.32. The molecule has 0 radical (unpaired) electrons. The van der Waals surface area contributed by atoms with Gasteiger partial charge in [-0.2, -0.15) is 0 Å². The number of hydrogen-bond acceptors (Lipinski definition) is 5. The van der Waals surface area contributed by atoms with Crippen LogP contribution in [-0.2, 0) is 4.74 Å². The largest absolute Gasteiger partial charge is 0.465 e. The van der Waals surface area contributed by atoms with Gasteiger partial charge >= 0.3 is 5.97 Å². The Balaban J connectivity index is 2.06. The summed E-state index contributed by atoms with van der Waals surface area (Å²) in [5.41, 5.74) is 2.05. The van der Waals surface area contributed by atoms with Crippen molar-refractivity contribution in [3.05, 3.63) is 66.5 Å². The normalized spacial score (nSPS) is 9.78. The van der Waals surface area contributed by atoms with Gasteiger partial charge in [0.05, 0.1) is 12.7 Å². The number of carbonyl (C=O) groups excluding carboxylic acids is 2. The molecular formula is C17H17N3O3. The smallest absolute Gasteiger partial charge is 0.337 e. The molecule has 6 heteroatoms. The molecule has 0 atom stereocenters. The first-order valence-electron chi connectivity index (χ1n) is 6.94. The summed E-state index contributed by atoms with van der Waals surface area (Å²) in [6.45, 7) is 4.22. The third-order valence-electron chi connectivity index (χ3n) is 3.01. The topological polar surface area (TPSA) is 80.3 Å². The molecule has 23 heavy (non-hydrogen) atoms. The van der Waals surface area contributed by atoms with Crippen LogP contribution in [0.1, 0.15) is 20.8 Å². The monoisotopic (exact) mass is 311 g/mol. The Morgan fingerprint density at radius 3 is 2.61 bits per heavy atom. The van der Waals surface area contributed by atoms with Gasteiger partial charge in [0.2, 0.25) is 0 Å². The molecule has 0 spiro atoms. The molecule has 2 rings (SSSR count). The first-order valence-corrected chi connectivity index (χ1v) is 6.94. The van der Waals surface area contributed by atoms with Gasteiger partial charge in [0.1, 0.15) is 5.69 Å². The van der Waals surface area contributed by atoms with E-state index < -0.39 is 5.97 Å². The number of anilines is 2. The van der Waals surface area contributed by atoms with Gasteiger partial charge < -0.3 is 15.4 Å². The second kappa shape index (κ2) is 7.74. The SMILES string of the molecule is C=CCNc1ccnc(C(=O)Nc2ccc(C(=O)OC)cc2)c1. The summed E-state index contributed by atoms with van der Waals surface area (Å²) in [5.74, 6) is -0.761. The van der Waals surface area contributed by atoms with Crippen LogP contribution in [0.15, 0.2) is 55.3 Å². The molecule has 1 amide bonds. The maximum atomic E-state index is 12.2. The molecule has 0 saturated carbocycles. The van der Waals surface area contributed by atoms with Crippen LogP contribution < -0.4 is 10.6 Å². The lowest BCUT2D eigenvalue weighted by molar-refractivity contribution is 0.0600. The number of esters is 1. The molecular weight excluding hydrogens is 294 g/mol. The fourth-order valence-corrected chi connectivity index (χ4v) is 1.86. The van der Waals surface area contributed by atoms with Crippen molar-refractivity contribution in [2.75, 3.05) is 24.3 Å². The molecule has 1 aromatic carbocycles. The van der Waals surface area contributed by atoms with Crippen LogP contribution in [0.5, 0.6) is 0 Å². The highest BCUT2D eigenvalue weighted by Crippen LogP contribution is 2.13. The Bertz CT molecular complexity index is 711. The van der Waals surface area contributed by atoms with Crippen LogP contribution in [0.25, 0.3) is 0 Å². The number of nitrogens with zero attached hydrogens (tertiary/aromatic N) is 1. The van der Waals surface area contributed by atoms with Crippen molar-refractivity contribution in [1.29, 1.82) is 0 Å². The van der Waals surface area contributed by atoms with Crippen LogP contribution >= 0.6 is 0 Å². The zero-order valence-corrected chi connectivity index (χ0v) is 12.7. The minimum absolute atomic E-state index is 0.288. The molecule has 2 N–H and O–H groups in total. The Morgan fingerprint density at radius 1 is 1.22 bits per heavy atom. The summed E-state index contributed by atoms with van der Waals surface area (Å²) in [6.07, 6.45) is 3.28. The number of amides is 1. The number of pyridine rings is 1. The van der Waals surface area contributed by atoms with Crippen molar-refractivity contribution < 1.29 is 14.3 Å². The summed E-state index contributed by atoms with van der Waals surface area (Å²) in [4.78, 5) is 27.6. The Hall–Kier alpha value is -3.15. The van der Waals surface area contributed by atoms with E-state index in [1.807, 2.05) is 0 Å². The zero-order valence-electron chi connectivity index (χ0n) is 12.7. The standard InChI is InChI=1S/C17H17N3O3/c1-3-9-18-14-8-10-19-15(11-14)16(21)20-13-6-4-12(5-7-13)17(22)23-2/h3-8,10-11H,1,9H2,2H3,(H,18,19)(H,20,21). The Labute approximate surface area is 134 Å². The average molecular weight is 311 g/mol. The fourth-order valence-electron chi connectivity index (χ4n) is 1.86. The van der Waals surface area contributed by atoms with Gasteiger partial charge in [-0.05, 0) is 36.4 Å². The number of hydrogen-bond donors (Lipinski definition) is 2. The van der Waals surface area contributed by atoms with Crippen LogP contribution in [0.2, 0.25) is 0 Å². The predicted octanol–water partition coefficient (Wildman–Crippen LogP) is 2.72. The van der Waals surface area contributed by atoms with E-state index in [0.717, 1.165) is 5.69 Å². The summed E-state index contributed by atoms with van der Waals surface area (Å²) in [6, 6.07) is 9.84. The highest BCUT2D eigenvalue weighted by molar-refractivity contribution is 6.03. The molecule has 0 unspecified atom stereocenters. The third kappa shape index (κ3) is 4.41. The second-order valence-electron chi connectivity index (χ2n) is 4.62.